The number of nitrogens with two attached hydrogens (primary N) is 1. The van der Waals surface area contributed by atoms with Gasteiger partial charge in [0.15, 0.2) is 11.5 Å². The Balaban J connectivity index is 3.05. The molecule has 0 amide bonds. The Bertz CT molecular complexity index is 393. The van der Waals surface area contributed by atoms with Crippen LogP contribution in [0.5, 0.6) is 11.5 Å². The van der Waals surface area contributed by atoms with Crippen molar-refractivity contribution in [3.63, 3.8) is 0 Å². The van der Waals surface area contributed by atoms with Crippen LogP contribution in [0.2, 0.25) is 5.02 Å². The molecule has 0 heterocycles. The fourth-order valence-corrected chi connectivity index (χ4v) is 2.02. The maximum absolute atomic E-state index is 6.26. The normalized spacial score (nSPS) is 12.0. The number of hydrogen-bond donors (Lipinski definition) is 1. The van der Waals surface area contributed by atoms with Gasteiger partial charge in [-0.15, -0.1) is 6.58 Å². The second-order valence-corrected chi connectivity index (χ2v) is 4.05. The number of hydrogen-bond acceptors (Lipinski definition) is 3. The monoisotopic (exact) mass is 255 g/mol. The minimum Gasteiger partial charge on any atom is -0.493 e. The zero-order chi connectivity index (χ0) is 12.8. The van der Waals surface area contributed by atoms with Crippen LogP contribution in [0.4, 0.5) is 0 Å². The molecular formula is C13H18ClNO2. The van der Waals surface area contributed by atoms with Crippen LogP contribution >= 0.6 is 11.6 Å². The van der Waals surface area contributed by atoms with Gasteiger partial charge in [0.1, 0.15) is 0 Å². The first-order chi connectivity index (χ1) is 8.15. The molecule has 0 aliphatic carbocycles. The summed E-state index contributed by atoms with van der Waals surface area (Å²) in [5, 5.41) is 0.517. The van der Waals surface area contributed by atoms with E-state index < -0.39 is 0 Å². The van der Waals surface area contributed by atoms with Gasteiger partial charge in [-0.3, -0.25) is 0 Å². The highest BCUT2D eigenvalue weighted by atomic mass is 35.5. The molecule has 0 fully saturated rings. The quantitative estimate of drug-likeness (QED) is 0.793. The molecule has 1 aromatic carbocycles. The van der Waals surface area contributed by atoms with Crippen molar-refractivity contribution in [2.45, 2.75) is 18.9 Å². The van der Waals surface area contributed by atoms with Gasteiger partial charge in [-0.2, -0.15) is 0 Å². The number of halogens is 1. The van der Waals surface area contributed by atoms with Gasteiger partial charge < -0.3 is 15.2 Å². The van der Waals surface area contributed by atoms with E-state index in [0.717, 1.165) is 18.4 Å². The lowest BCUT2D eigenvalue weighted by atomic mass is 10.0. The highest BCUT2D eigenvalue weighted by Crippen LogP contribution is 2.39. The Morgan fingerprint density at radius 1 is 1.41 bits per heavy atom. The van der Waals surface area contributed by atoms with Gasteiger partial charge in [0.2, 0.25) is 0 Å². The molecule has 1 aromatic rings. The van der Waals surface area contributed by atoms with Gasteiger partial charge in [-0.25, -0.2) is 0 Å². The number of benzene rings is 1. The Hall–Kier alpha value is -1.19. The molecule has 0 unspecified atom stereocenters. The highest BCUT2D eigenvalue weighted by Gasteiger charge is 2.17. The van der Waals surface area contributed by atoms with E-state index in [1.54, 1.807) is 14.2 Å². The third kappa shape index (κ3) is 3.14. The molecule has 0 aliphatic heterocycles. The van der Waals surface area contributed by atoms with E-state index in [1.807, 2.05) is 18.2 Å². The fraction of sp³-hybridized carbons (Fsp3) is 0.385. The molecule has 2 N–H and O–H groups in total. The van der Waals surface area contributed by atoms with Crippen molar-refractivity contribution in [2.75, 3.05) is 14.2 Å². The van der Waals surface area contributed by atoms with E-state index in [2.05, 4.69) is 6.58 Å². The van der Waals surface area contributed by atoms with Gasteiger partial charge in [-0.05, 0) is 24.5 Å². The molecule has 1 atom stereocenters. The van der Waals surface area contributed by atoms with Crippen molar-refractivity contribution in [1.29, 1.82) is 0 Å². The van der Waals surface area contributed by atoms with E-state index >= 15 is 0 Å². The standard InChI is InChI=1S/C13H18ClNO2/c1-4-5-6-10(15)9-7-8-11(16-2)13(17-3)12(9)14/h4,7-8,10H,1,5-6,15H2,2-3H3/t10-/m0/s1. The van der Waals surface area contributed by atoms with Crippen LogP contribution in [0.3, 0.4) is 0 Å². The van der Waals surface area contributed by atoms with E-state index in [4.69, 9.17) is 26.8 Å². The molecule has 17 heavy (non-hydrogen) atoms. The Labute approximate surface area is 107 Å². The number of methoxy groups -OCH3 is 2. The average molecular weight is 256 g/mol. The van der Waals surface area contributed by atoms with Crippen molar-refractivity contribution < 1.29 is 9.47 Å². The van der Waals surface area contributed by atoms with Gasteiger partial charge in [-0.1, -0.05) is 23.7 Å². The molecule has 0 saturated carbocycles. The minimum atomic E-state index is -0.125. The van der Waals surface area contributed by atoms with Crippen molar-refractivity contribution >= 4 is 11.6 Å². The number of ether oxygens (including phenoxy) is 2. The molecule has 4 heteroatoms. The number of allylic oxidation sites excluding steroid dienone is 1. The summed E-state index contributed by atoms with van der Waals surface area (Å²) < 4.78 is 10.4. The summed E-state index contributed by atoms with van der Waals surface area (Å²) in [6.45, 7) is 3.68. The van der Waals surface area contributed by atoms with Gasteiger partial charge >= 0.3 is 0 Å². The number of rotatable bonds is 6. The Kier molecular flexibility index (Phi) is 5.32. The molecular weight excluding hydrogens is 238 g/mol. The van der Waals surface area contributed by atoms with Crippen LogP contribution < -0.4 is 15.2 Å². The maximum atomic E-state index is 6.26. The average Bonchev–Trinajstić information content (AvgIpc) is 2.35. The van der Waals surface area contributed by atoms with Crippen LogP contribution in [0.15, 0.2) is 24.8 Å². The van der Waals surface area contributed by atoms with E-state index in [1.165, 1.54) is 0 Å². The molecule has 1 rings (SSSR count). The largest absolute Gasteiger partial charge is 0.493 e. The predicted octanol–water partition coefficient (Wildman–Crippen LogP) is 3.32. The summed E-state index contributed by atoms with van der Waals surface area (Å²) >= 11 is 6.26. The summed E-state index contributed by atoms with van der Waals surface area (Å²) in [5.74, 6) is 1.14. The van der Waals surface area contributed by atoms with Crippen LogP contribution in [-0.4, -0.2) is 14.2 Å². The maximum Gasteiger partial charge on any atom is 0.179 e. The molecule has 94 valence electrons. The highest BCUT2D eigenvalue weighted by molar-refractivity contribution is 6.33. The SMILES string of the molecule is C=CCC[C@H](N)c1ccc(OC)c(OC)c1Cl. The Morgan fingerprint density at radius 3 is 2.65 bits per heavy atom. The van der Waals surface area contributed by atoms with E-state index in [0.29, 0.717) is 16.5 Å². The summed E-state index contributed by atoms with van der Waals surface area (Å²) in [6.07, 6.45) is 3.50. The molecule has 0 radical (unpaired) electrons. The van der Waals surface area contributed by atoms with Crippen LogP contribution in [-0.2, 0) is 0 Å². The summed E-state index contributed by atoms with van der Waals surface area (Å²) in [7, 11) is 3.13. The summed E-state index contributed by atoms with van der Waals surface area (Å²) in [6, 6.07) is 3.56. The third-order valence-corrected chi connectivity index (χ3v) is 2.99. The molecule has 0 aromatic heterocycles. The first-order valence-corrected chi connectivity index (χ1v) is 5.80. The van der Waals surface area contributed by atoms with Gasteiger partial charge in [0, 0.05) is 6.04 Å². The minimum absolute atomic E-state index is 0.125. The lowest BCUT2D eigenvalue weighted by Crippen LogP contribution is -2.11. The van der Waals surface area contributed by atoms with Crippen molar-refractivity contribution in [3.8, 4) is 11.5 Å². The zero-order valence-corrected chi connectivity index (χ0v) is 11.0. The molecule has 0 bridgehead atoms. The summed E-state index contributed by atoms with van der Waals surface area (Å²) in [5.41, 5.74) is 6.94. The second kappa shape index (κ2) is 6.52. The summed E-state index contributed by atoms with van der Waals surface area (Å²) in [4.78, 5) is 0. The van der Waals surface area contributed by atoms with E-state index in [-0.39, 0.29) is 6.04 Å². The molecule has 0 spiro atoms. The van der Waals surface area contributed by atoms with Crippen molar-refractivity contribution in [3.05, 3.63) is 35.4 Å². The molecule has 0 saturated heterocycles. The van der Waals surface area contributed by atoms with Crippen molar-refractivity contribution in [2.24, 2.45) is 5.73 Å². The smallest absolute Gasteiger partial charge is 0.179 e. The predicted molar refractivity (Wildman–Crippen MR) is 70.9 cm³/mol. The van der Waals surface area contributed by atoms with Gasteiger partial charge in [0.05, 0.1) is 19.2 Å². The fourth-order valence-electron chi connectivity index (χ4n) is 1.64. The molecule has 0 aliphatic rings. The lowest BCUT2D eigenvalue weighted by Gasteiger charge is -2.17. The Morgan fingerprint density at radius 2 is 2.12 bits per heavy atom. The van der Waals surface area contributed by atoms with Gasteiger partial charge in [0.25, 0.3) is 0 Å². The lowest BCUT2D eigenvalue weighted by molar-refractivity contribution is 0.354. The van der Waals surface area contributed by atoms with E-state index in [9.17, 15) is 0 Å². The topological polar surface area (TPSA) is 44.5 Å². The van der Waals surface area contributed by atoms with Crippen LogP contribution in [0.1, 0.15) is 24.4 Å². The van der Waals surface area contributed by atoms with Crippen LogP contribution in [0, 0.1) is 0 Å². The van der Waals surface area contributed by atoms with Crippen LogP contribution in [0.25, 0.3) is 0 Å². The van der Waals surface area contributed by atoms with Crippen molar-refractivity contribution in [1.82, 2.24) is 0 Å². The zero-order valence-electron chi connectivity index (χ0n) is 10.2. The molecule has 3 nitrogen and oxygen atoms in total. The first-order valence-electron chi connectivity index (χ1n) is 5.42. The third-order valence-electron chi connectivity index (χ3n) is 2.60. The first kappa shape index (κ1) is 13.9. The second-order valence-electron chi connectivity index (χ2n) is 3.68.